The molecule has 0 aliphatic heterocycles. The van der Waals surface area contributed by atoms with Crippen molar-refractivity contribution in [3.05, 3.63) is 75.3 Å². The van der Waals surface area contributed by atoms with Crippen molar-refractivity contribution in [1.82, 2.24) is 10.3 Å². The summed E-state index contributed by atoms with van der Waals surface area (Å²) in [6.45, 7) is 3.94. The fraction of sp³-hybridized carbons (Fsp3) is 0.0870. The average molecular weight is 486 g/mol. The van der Waals surface area contributed by atoms with E-state index in [4.69, 9.17) is 39.8 Å². The Hall–Kier alpha value is -3.13. The maximum atomic E-state index is 12.4. The van der Waals surface area contributed by atoms with Gasteiger partial charge in [-0.1, -0.05) is 29.3 Å². The third kappa shape index (κ3) is 4.55. The largest absolute Gasteiger partial charge is 0.507 e. The first-order valence-corrected chi connectivity index (χ1v) is 10.7. The van der Waals surface area contributed by atoms with Gasteiger partial charge in [-0.15, -0.1) is 0 Å². The fourth-order valence-electron chi connectivity index (χ4n) is 3.29. The average Bonchev–Trinajstić information content (AvgIpc) is 3.11. The number of benzene rings is 3. The molecule has 3 N–H and O–H groups in total. The van der Waals surface area contributed by atoms with Gasteiger partial charge in [0.15, 0.2) is 10.7 Å². The molecule has 9 heteroatoms. The zero-order chi connectivity index (χ0) is 23.0. The van der Waals surface area contributed by atoms with Gasteiger partial charge in [0.25, 0.3) is 5.91 Å². The number of aryl methyl sites for hydroxylation is 2. The van der Waals surface area contributed by atoms with Crippen molar-refractivity contribution in [3.63, 3.8) is 0 Å². The Morgan fingerprint density at radius 3 is 2.59 bits per heavy atom. The molecule has 0 fully saturated rings. The summed E-state index contributed by atoms with van der Waals surface area (Å²) in [4.78, 5) is 16.9. The summed E-state index contributed by atoms with van der Waals surface area (Å²) in [6, 6.07) is 13.3. The Kier molecular flexibility index (Phi) is 6.06. The van der Waals surface area contributed by atoms with E-state index in [0.29, 0.717) is 27.7 Å². The number of amides is 1. The number of phenols is 1. The lowest BCUT2D eigenvalue weighted by Crippen LogP contribution is -2.34. The van der Waals surface area contributed by atoms with Crippen LogP contribution in [0.5, 0.6) is 5.75 Å². The van der Waals surface area contributed by atoms with Gasteiger partial charge >= 0.3 is 0 Å². The maximum absolute atomic E-state index is 12.4. The van der Waals surface area contributed by atoms with E-state index in [0.717, 1.165) is 16.6 Å². The van der Waals surface area contributed by atoms with Gasteiger partial charge in [-0.05, 0) is 73.6 Å². The number of carbonyl (C=O) groups is 1. The van der Waals surface area contributed by atoms with E-state index < -0.39 is 5.91 Å². The number of fused-ring (bicyclic) bond motifs is 1. The minimum absolute atomic E-state index is 0.0427. The van der Waals surface area contributed by atoms with Gasteiger partial charge in [0.2, 0.25) is 5.89 Å². The molecule has 0 saturated carbocycles. The molecule has 32 heavy (non-hydrogen) atoms. The molecule has 0 aliphatic carbocycles. The predicted octanol–water partition coefficient (Wildman–Crippen LogP) is 6.25. The van der Waals surface area contributed by atoms with E-state index in [-0.39, 0.29) is 21.4 Å². The van der Waals surface area contributed by atoms with Crippen molar-refractivity contribution >= 4 is 63.2 Å². The van der Waals surface area contributed by atoms with E-state index in [1.165, 1.54) is 18.2 Å². The van der Waals surface area contributed by atoms with Crippen LogP contribution >= 0.6 is 35.4 Å². The minimum atomic E-state index is -0.484. The van der Waals surface area contributed by atoms with Gasteiger partial charge in [-0.2, -0.15) is 0 Å². The van der Waals surface area contributed by atoms with Crippen molar-refractivity contribution < 1.29 is 14.3 Å². The molecule has 0 saturated heterocycles. The third-order valence-electron chi connectivity index (χ3n) is 4.71. The molecule has 0 bridgehead atoms. The SMILES string of the molecule is Cc1cc(C)c2oc(-c3ccc(NC(=S)NC(=O)c4ccc(Cl)cc4Cl)cc3O)nc2c1. The molecule has 1 heterocycles. The molecule has 1 aromatic heterocycles. The van der Waals surface area contributed by atoms with Crippen molar-refractivity contribution in [1.29, 1.82) is 0 Å². The number of anilines is 1. The maximum Gasteiger partial charge on any atom is 0.258 e. The van der Waals surface area contributed by atoms with E-state index >= 15 is 0 Å². The van der Waals surface area contributed by atoms with Crippen LogP contribution in [0, 0.1) is 13.8 Å². The predicted molar refractivity (Wildman–Crippen MR) is 131 cm³/mol. The molecule has 0 radical (unpaired) electrons. The molecule has 6 nitrogen and oxygen atoms in total. The first-order chi connectivity index (χ1) is 15.2. The summed E-state index contributed by atoms with van der Waals surface area (Å²) in [5.74, 6) is -0.223. The Bertz CT molecular complexity index is 1380. The van der Waals surface area contributed by atoms with E-state index in [9.17, 15) is 9.90 Å². The normalized spacial score (nSPS) is 10.9. The number of nitrogens with zero attached hydrogens (tertiary/aromatic N) is 1. The number of aromatic hydroxyl groups is 1. The second-order valence-corrected chi connectivity index (χ2v) is 8.47. The first-order valence-electron chi connectivity index (χ1n) is 9.50. The zero-order valence-electron chi connectivity index (χ0n) is 17.0. The number of rotatable bonds is 3. The van der Waals surface area contributed by atoms with E-state index in [2.05, 4.69) is 15.6 Å². The second kappa shape index (κ2) is 8.78. The summed E-state index contributed by atoms with van der Waals surface area (Å²) in [5, 5.41) is 16.6. The van der Waals surface area contributed by atoms with Crippen LogP contribution in [0.1, 0.15) is 21.5 Å². The molecule has 3 aromatic carbocycles. The summed E-state index contributed by atoms with van der Waals surface area (Å²) in [7, 11) is 0. The number of hydrogen-bond acceptors (Lipinski definition) is 5. The zero-order valence-corrected chi connectivity index (χ0v) is 19.3. The van der Waals surface area contributed by atoms with Crippen molar-refractivity contribution in [2.45, 2.75) is 13.8 Å². The standard InChI is InChI=1S/C23H17Cl2N3O3S/c1-11-7-12(2)20-18(8-11)27-22(31-20)16-6-4-14(10-19(16)29)26-23(32)28-21(30)15-5-3-13(24)9-17(15)25/h3-10,29H,1-2H3,(H2,26,28,30,32). The van der Waals surface area contributed by atoms with Gasteiger partial charge < -0.3 is 14.8 Å². The molecule has 4 rings (SSSR count). The Morgan fingerprint density at radius 1 is 1.09 bits per heavy atom. The smallest absolute Gasteiger partial charge is 0.258 e. The van der Waals surface area contributed by atoms with Gasteiger partial charge in [0.1, 0.15) is 11.3 Å². The molecule has 0 atom stereocenters. The Morgan fingerprint density at radius 2 is 1.88 bits per heavy atom. The highest BCUT2D eigenvalue weighted by Crippen LogP contribution is 2.34. The number of phenolic OH excluding ortho intramolecular Hbond substituents is 1. The van der Waals surface area contributed by atoms with E-state index in [1.807, 2.05) is 26.0 Å². The fourth-order valence-corrected chi connectivity index (χ4v) is 3.99. The first kappa shape index (κ1) is 22.1. The molecule has 4 aromatic rings. The van der Waals surface area contributed by atoms with Crippen LogP contribution in [0.15, 0.2) is 52.9 Å². The van der Waals surface area contributed by atoms with Crippen LogP contribution in [0.4, 0.5) is 5.69 Å². The number of thiocarbonyl (C=S) groups is 1. The van der Waals surface area contributed by atoms with E-state index in [1.54, 1.807) is 18.2 Å². The number of aromatic nitrogens is 1. The van der Waals surface area contributed by atoms with Gasteiger partial charge in [0.05, 0.1) is 16.1 Å². The summed E-state index contributed by atoms with van der Waals surface area (Å²) < 4.78 is 5.87. The van der Waals surface area contributed by atoms with Crippen LogP contribution in [0.2, 0.25) is 10.0 Å². The number of carbonyl (C=O) groups excluding carboxylic acids is 1. The quantitative estimate of drug-likeness (QED) is 0.297. The Labute approximate surface area is 199 Å². The van der Waals surface area contributed by atoms with Crippen LogP contribution in [-0.4, -0.2) is 21.1 Å². The topological polar surface area (TPSA) is 87.4 Å². The number of oxazole rings is 1. The van der Waals surface area contributed by atoms with Gasteiger partial charge in [0, 0.05) is 16.8 Å². The van der Waals surface area contributed by atoms with Crippen molar-refractivity contribution in [2.75, 3.05) is 5.32 Å². The summed E-state index contributed by atoms with van der Waals surface area (Å²) >= 11 is 17.1. The van der Waals surface area contributed by atoms with Crippen molar-refractivity contribution in [2.24, 2.45) is 0 Å². The highest BCUT2D eigenvalue weighted by atomic mass is 35.5. The second-order valence-electron chi connectivity index (χ2n) is 7.21. The lowest BCUT2D eigenvalue weighted by atomic mass is 10.1. The number of halogens is 2. The summed E-state index contributed by atoms with van der Waals surface area (Å²) in [6.07, 6.45) is 0. The highest BCUT2D eigenvalue weighted by molar-refractivity contribution is 7.80. The lowest BCUT2D eigenvalue weighted by Gasteiger charge is -2.11. The third-order valence-corrected chi connectivity index (χ3v) is 5.46. The summed E-state index contributed by atoms with van der Waals surface area (Å²) in [5.41, 5.74) is 4.60. The lowest BCUT2D eigenvalue weighted by molar-refractivity contribution is 0.0978. The van der Waals surface area contributed by atoms with Crippen LogP contribution in [-0.2, 0) is 0 Å². The number of hydrogen-bond donors (Lipinski definition) is 3. The van der Waals surface area contributed by atoms with Gasteiger partial charge in [-0.3, -0.25) is 10.1 Å². The number of nitrogens with one attached hydrogen (secondary N) is 2. The van der Waals surface area contributed by atoms with Gasteiger partial charge in [-0.25, -0.2) is 4.98 Å². The van der Waals surface area contributed by atoms with Crippen LogP contribution in [0.3, 0.4) is 0 Å². The minimum Gasteiger partial charge on any atom is -0.507 e. The van der Waals surface area contributed by atoms with Crippen molar-refractivity contribution in [3.8, 4) is 17.2 Å². The molecule has 0 aliphatic rings. The monoisotopic (exact) mass is 485 g/mol. The molecular formula is C23H17Cl2N3O3S. The molecule has 1 amide bonds. The van der Waals surface area contributed by atoms with Crippen LogP contribution < -0.4 is 10.6 Å². The molecule has 162 valence electrons. The molecular weight excluding hydrogens is 469 g/mol. The highest BCUT2D eigenvalue weighted by Gasteiger charge is 2.16. The Balaban J connectivity index is 1.50. The van der Waals surface area contributed by atoms with Crippen LogP contribution in [0.25, 0.3) is 22.6 Å². The molecule has 0 unspecified atom stereocenters. The molecule has 0 spiro atoms.